The maximum Gasteiger partial charge on any atom is 0.319 e. The summed E-state index contributed by atoms with van der Waals surface area (Å²) in [6, 6.07) is 12.0. The highest BCUT2D eigenvalue weighted by atomic mass is 32.1. The van der Waals surface area contributed by atoms with E-state index in [0.29, 0.717) is 6.54 Å². The van der Waals surface area contributed by atoms with Gasteiger partial charge in [-0.05, 0) is 11.4 Å². The molecule has 1 aromatic heterocycles. The van der Waals surface area contributed by atoms with Gasteiger partial charge in [-0.25, -0.2) is 4.79 Å². The van der Waals surface area contributed by atoms with Crippen LogP contribution in [0.1, 0.15) is 16.5 Å². The van der Waals surface area contributed by atoms with Crippen molar-refractivity contribution < 1.29 is 14.9 Å². The van der Waals surface area contributed by atoms with E-state index in [4.69, 9.17) is 5.73 Å². The van der Waals surface area contributed by atoms with Crippen LogP contribution in [0.4, 0.5) is 4.79 Å². The van der Waals surface area contributed by atoms with Crippen LogP contribution < -0.4 is 16.4 Å². The number of nitrogens with two attached hydrogens (primary N) is 2. The van der Waals surface area contributed by atoms with Gasteiger partial charge < -0.3 is 11.1 Å². The predicted octanol–water partition coefficient (Wildman–Crippen LogP) is 0.748. The Morgan fingerprint density at radius 1 is 1.20 bits per heavy atom. The number of primary amides is 1. The standard InChI is InChI=1S/C14H15N3O2S/c15-14(19)17-13(18)12(10-5-2-1-3-6-10)16-9-11-7-4-8-20-11/h1-8,12,16H,9H2,(H3,15,17,18,19)/p+1/t12-/m0/s1. The van der Waals surface area contributed by atoms with Crippen molar-refractivity contribution in [2.24, 2.45) is 5.73 Å². The molecule has 2 aromatic rings. The molecule has 0 aliphatic rings. The summed E-state index contributed by atoms with van der Waals surface area (Å²) < 4.78 is 0. The van der Waals surface area contributed by atoms with E-state index in [2.05, 4.69) is 5.32 Å². The third-order valence-corrected chi connectivity index (χ3v) is 3.72. The monoisotopic (exact) mass is 290 g/mol. The Hall–Kier alpha value is -2.18. The first-order chi connectivity index (χ1) is 9.66. The van der Waals surface area contributed by atoms with Crippen LogP contribution in [0.25, 0.3) is 0 Å². The van der Waals surface area contributed by atoms with Crippen molar-refractivity contribution in [1.29, 1.82) is 0 Å². The molecule has 0 aliphatic heterocycles. The van der Waals surface area contributed by atoms with Crippen molar-refractivity contribution in [2.75, 3.05) is 0 Å². The SMILES string of the molecule is NC(=O)NC(=O)[C@@H]([NH2+]Cc1cccs1)c1ccccc1. The molecule has 1 heterocycles. The highest BCUT2D eigenvalue weighted by molar-refractivity contribution is 7.09. The molecule has 0 fully saturated rings. The number of imide groups is 1. The fraction of sp³-hybridized carbons (Fsp3) is 0.143. The Labute approximate surface area is 120 Å². The van der Waals surface area contributed by atoms with E-state index in [9.17, 15) is 9.59 Å². The fourth-order valence-electron chi connectivity index (χ4n) is 1.92. The zero-order chi connectivity index (χ0) is 14.4. The summed E-state index contributed by atoms with van der Waals surface area (Å²) in [5.41, 5.74) is 5.85. The van der Waals surface area contributed by atoms with E-state index in [1.807, 2.05) is 53.2 Å². The maximum atomic E-state index is 12.1. The van der Waals surface area contributed by atoms with Crippen molar-refractivity contribution >= 4 is 23.3 Å². The number of amides is 3. The molecular formula is C14H16N3O2S+. The van der Waals surface area contributed by atoms with Crippen LogP contribution in [0.5, 0.6) is 0 Å². The largest absolute Gasteiger partial charge is 0.351 e. The van der Waals surface area contributed by atoms with Crippen molar-refractivity contribution in [2.45, 2.75) is 12.6 Å². The van der Waals surface area contributed by atoms with Gasteiger partial charge in [0.15, 0.2) is 6.04 Å². The summed E-state index contributed by atoms with van der Waals surface area (Å²) in [6.07, 6.45) is 0. The minimum Gasteiger partial charge on any atom is -0.351 e. The molecule has 1 aromatic carbocycles. The molecule has 104 valence electrons. The smallest absolute Gasteiger partial charge is 0.319 e. The quantitative estimate of drug-likeness (QED) is 0.758. The van der Waals surface area contributed by atoms with Gasteiger partial charge in [-0.2, -0.15) is 0 Å². The summed E-state index contributed by atoms with van der Waals surface area (Å²) in [6.45, 7) is 0.670. The zero-order valence-electron chi connectivity index (χ0n) is 10.8. The van der Waals surface area contributed by atoms with Crippen LogP contribution in [0, 0.1) is 0 Å². The molecule has 0 radical (unpaired) electrons. The fourth-order valence-corrected chi connectivity index (χ4v) is 2.60. The van der Waals surface area contributed by atoms with Crippen LogP contribution in [0.2, 0.25) is 0 Å². The highest BCUT2D eigenvalue weighted by Crippen LogP contribution is 2.10. The van der Waals surface area contributed by atoms with Gasteiger partial charge in [-0.1, -0.05) is 36.4 Å². The molecule has 0 saturated heterocycles. The van der Waals surface area contributed by atoms with Gasteiger partial charge in [-0.3, -0.25) is 10.1 Å². The van der Waals surface area contributed by atoms with E-state index < -0.39 is 18.0 Å². The Bertz CT molecular complexity index is 569. The lowest BCUT2D eigenvalue weighted by atomic mass is 10.1. The van der Waals surface area contributed by atoms with Gasteiger partial charge >= 0.3 is 6.03 Å². The van der Waals surface area contributed by atoms with Crippen molar-refractivity contribution in [3.8, 4) is 0 Å². The minimum absolute atomic E-state index is 0.403. The van der Waals surface area contributed by atoms with E-state index in [1.54, 1.807) is 11.3 Å². The molecule has 0 bridgehead atoms. The normalized spacial score (nSPS) is 11.8. The highest BCUT2D eigenvalue weighted by Gasteiger charge is 2.24. The van der Waals surface area contributed by atoms with E-state index >= 15 is 0 Å². The Kier molecular flexibility index (Phi) is 4.86. The predicted molar refractivity (Wildman–Crippen MR) is 76.9 cm³/mol. The molecular weight excluding hydrogens is 274 g/mol. The van der Waals surface area contributed by atoms with Gasteiger partial charge in [0, 0.05) is 5.56 Å². The Morgan fingerprint density at radius 2 is 1.95 bits per heavy atom. The number of carbonyl (C=O) groups excluding carboxylic acids is 2. The van der Waals surface area contributed by atoms with E-state index in [-0.39, 0.29) is 0 Å². The van der Waals surface area contributed by atoms with Crippen molar-refractivity contribution in [1.82, 2.24) is 5.32 Å². The summed E-state index contributed by atoms with van der Waals surface area (Å²) >= 11 is 1.63. The van der Waals surface area contributed by atoms with E-state index in [1.165, 1.54) is 0 Å². The number of nitrogens with one attached hydrogen (secondary N) is 1. The summed E-state index contributed by atoms with van der Waals surface area (Å²) in [5, 5.41) is 6.02. The number of carbonyl (C=O) groups is 2. The number of hydrogen-bond donors (Lipinski definition) is 3. The average Bonchev–Trinajstić information content (AvgIpc) is 2.92. The number of rotatable bonds is 5. The summed E-state index contributed by atoms with van der Waals surface area (Å²) in [5.74, 6) is -0.403. The molecule has 5 nitrogen and oxygen atoms in total. The summed E-state index contributed by atoms with van der Waals surface area (Å²) in [4.78, 5) is 24.1. The van der Waals surface area contributed by atoms with Crippen LogP contribution in [-0.2, 0) is 11.3 Å². The number of thiophene rings is 1. The number of urea groups is 1. The number of hydrogen-bond acceptors (Lipinski definition) is 3. The second-order valence-electron chi connectivity index (χ2n) is 4.26. The lowest BCUT2D eigenvalue weighted by Gasteiger charge is -2.14. The first-order valence-corrected chi connectivity index (χ1v) is 7.05. The Morgan fingerprint density at radius 3 is 2.55 bits per heavy atom. The van der Waals surface area contributed by atoms with Gasteiger partial charge in [0.25, 0.3) is 5.91 Å². The van der Waals surface area contributed by atoms with Crippen LogP contribution in [0.15, 0.2) is 47.8 Å². The molecule has 0 spiro atoms. The molecule has 3 amide bonds. The van der Waals surface area contributed by atoms with Gasteiger partial charge in [0.1, 0.15) is 6.54 Å². The molecule has 5 N–H and O–H groups in total. The molecule has 0 unspecified atom stereocenters. The molecule has 1 atom stereocenters. The second kappa shape index (κ2) is 6.83. The molecule has 2 rings (SSSR count). The lowest BCUT2D eigenvalue weighted by molar-refractivity contribution is -0.697. The molecule has 0 aliphatic carbocycles. The molecule has 0 saturated carbocycles. The van der Waals surface area contributed by atoms with Gasteiger partial charge in [-0.15, -0.1) is 11.3 Å². The van der Waals surface area contributed by atoms with Crippen molar-refractivity contribution in [3.05, 3.63) is 58.3 Å². The zero-order valence-corrected chi connectivity index (χ0v) is 11.6. The van der Waals surface area contributed by atoms with Crippen LogP contribution in [-0.4, -0.2) is 11.9 Å². The van der Waals surface area contributed by atoms with Gasteiger partial charge in [0.05, 0.1) is 4.88 Å². The molecule has 6 heteroatoms. The van der Waals surface area contributed by atoms with Gasteiger partial charge in [0.2, 0.25) is 0 Å². The first kappa shape index (κ1) is 14.2. The van der Waals surface area contributed by atoms with E-state index in [0.717, 1.165) is 10.4 Å². The number of quaternary nitrogens is 1. The molecule has 20 heavy (non-hydrogen) atoms. The summed E-state index contributed by atoms with van der Waals surface area (Å²) in [7, 11) is 0. The lowest BCUT2D eigenvalue weighted by Crippen LogP contribution is -2.86. The first-order valence-electron chi connectivity index (χ1n) is 6.18. The Balaban J connectivity index is 2.11. The number of benzene rings is 1. The topological polar surface area (TPSA) is 88.8 Å². The average molecular weight is 290 g/mol. The van der Waals surface area contributed by atoms with Crippen LogP contribution in [0.3, 0.4) is 0 Å². The third kappa shape index (κ3) is 3.91. The maximum absolute atomic E-state index is 12.1. The second-order valence-corrected chi connectivity index (χ2v) is 5.29. The minimum atomic E-state index is -0.833. The van der Waals surface area contributed by atoms with Crippen molar-refractivity contribution in [3.63, 3.8) is 0 Å². The third-order valence-electron chi connectivity index (χ3n) is 2.82. The van der Waals surface area contributed by atoms with Crippen LogP contribution >= 0.6 is 11.3 Å².